The molecule has 37 heavy (non-hydrogen) atoms. The predicted octanol–water partition coefficient (Wildman–Crippen LogP) is 5.94. The SMILES string of the molecule is CC(=O)O[C@H]1CC[C@]2(C)[C@H](C[C@@H](OC(C)=O)[C@@]3(C)C4=CC(=O)O[C@@H](c5ccoc5)[C@@]4(C)CC[C@H]23)C1(C)C. The van der Waals surface area contributed by atoms with Gasteiger partial charge in [-0.2, -0.15) is 0 Å². The molecule has 3 aliphatic carbocycles. The summed E-state index contributed by atoms with van der Waals surface area (Å²) < 4.78 is 23.3. The van der Waals surface area contributed by atoms with E-state index in [1.54, 1.807) is 18.6 Å². The molecule has 0 spiro atoms. The number of ether oxygens (including phenoxy) is 3. The molecule has 202 valence electrons. The fourth-order valence-electron chi connectivity index (χ4n) is 9.24. The van der Waals surface area contributed by atoms with Crippen LogP contribution in [0.15, 0.2) is 34.7 Å². The normalized spacial score (nSPS) is 42.3. The third kappa shape index (κ3) is 3.70. The summed E-state index contributed by atoms with van der Waals surface area (Å²) in [5, 5.41) is 0. The highest BCUT2D eigenvalue weighted by atomic mass is 16.6. The largest absolute Gasteiger partial charge is 0.472 e. The Kier molecular flexibility index (Phi) is 5.96. The molecule has 2 heterocycles. The van der Waals surface area contributed by atoms with E-state index in [2.05, 4.69) is 34.6 Å². The lowest BCUT2D eigenvalue weighted by atomic mass is 9.36. The maximum atomic E-state index is 13.0. The van der Waals surface area contributed by atoms with Gasteiger partial charge < -0.3 is 18.6 Å². The first-order valence-corrected chi connectivity index (χ1v) is 13.5. The number of hydrogen-bond donors (Lipinski definition) is 0. The van der Waals surface area contributed by atoms with Crippen LogP contribution in [0.1, 0.15) is 92.2 Å². The summed E-state index contributed by atoms with van der Waals surface area (Å²) in [5.41, 5.74) is 0.489. The number of hydrogen-bond acceptors (Lipinski definition) is 7. The van der Waals surface area contributed by atoms with Crippen LogP contribution in [0.25, 0.3) is 0 Å². The van der Waals surface area contributed by atoms with Crippen molar-refractivity contribution in [3.8, 4) is 0 Å². The highest BCUT2D eigenvalue weighted by Gasteiger charge is 2.70. The Bertz CT molecular complexity index is 1130. The summed E-state index contributed by atoms with van der Waals surface area (Å²) in [6.07, 6.45) is 7.98. The second-order valence-electron chi connectivity index (χ2n) is 13.1. The summed E-state index contributed by atoms with van der Waals surface area (Å²) in [5.74, 6) is -0.602. The summed E-state index contributed by atoms with van der Waals surface area (Å²) >= 11 is 0. The Labute approximate surface area is 219 Å². The average molecular weight is 513 g/mol. The lowest BCUT2D eigenvalue weighted by Crippen LogP contribution is -2.67. The fourth-order valence-corrected chi connectivity index (χ4v) is 9.24. The van der Waals surface area contributed by atoms with Crippen LogP contribution >= 0.6 is 0 Å². The van der Waals surface area contributed by atoms with Crippen molar-refractivity contribution < 1.29 is 33.0 Å². The minimum atomic E-state index is -0.546. The van der Waals surface area contributed by atoms with Crippen LogP contribution in [0.3, 0.4) is 0 Å². The van der Waals surface area contributed by atoms with Crippen LogP contribution in [0.4, 0.5) is 0 Å². The monoisotopic (exact) mass is 512 g/mol. The van der Waals surface area contributed by atoms with Gasteiger partial charge in [-0.25, -0.2) is 4.79 Å². The summed E-state index contributed by atoms with van der Waals surface area (Å²) in [4.78, 5) is 37.4. The van der Waals surface area contributed by atoms with Gasteiger partial charge in [-0.1, -0.05) is 34.6 Å². The number of esters is 3. The summed E-state index contributed by atoms with van der Waals surface area (Å²) in [6, 6.07) is 1.86. The third-order valence-corrected chi connectivity index (χ3v) is 10.8. The van der Waals surface area contributed by atoms with Crippen molar-refractivity contribution in [1.82, 2.24) is 0 Å². The van der Waals surface area contributed by atoms with Crippen LogP contribution in [0.5, 0.6) is 0 Å². The molecule has 0 N–H and O–H groups in total. The van der Waals surface area contributed by atoms with E-state index in [1.165, 1.54) is 13.8 Å². The van der Waals surface area contributed by atoms with Gasteiger partial charge in [0, 0.05) is 41.7 Å². The predicted molar refractivity (Wildman–Crippen MR) is 135 cm³/mol. The molecule has 1 aromatic rings. The van der Waals surface area contributed by atoms with Crippen molar-refractivity contribution in [3.05, 3.63) is 35.8 Å². The minimum Gasteiger partial charge on any atom is -0.472 e. The standard InChI is InChI=1S/C30H40O7/c1-17(31)35-23-9-12-28(5)20-8-11-29(6)22(15-25(33)37-26(29)19-10-13-34-16-19)30(20,7)24(36-18(2)32)14-21(28)27(23,3)4/h10,13,15-16,20-21,23-24,26H,8-9,11-12,14H2,1-7H3/t20-,21-,23+,24-,26+,28+,29+,30-/m1/s1. The van der Waals surface area contributed by atoms with Crippen LogP contribution in [-0.4, -0.2) is 30.1 Å². The summed E-state index contributed by atoms with van der Waals surface area (Å²) in [7, 11) is 0. The molecule has 3 fully saturated rings. The Hall–Kier alpha value is -2.57. The van der Waals surface area contributed by atoms with E-state index in [4.69, 9.17) is 18.6 Å². The zero-order valence-electron chi connectivity index (χ0n) is 23.1. The number of rotatable bonds is 3. The van der Waals surface area contributed by atoms with Crippen molar-refractivity contribution in [2.75, 3.05) is 0 Å². The van der Waals surface area contributed by atoms with E-state index < -0.39 is 23.0 Å². The first-order chi connectivity index (χ1) is 17.2. The average Bonchev–Trinajstić information content (AvgIpc) is 3.32. The van der Waals surface area contributed by atoms with Crippen LogP contribution in [-0.2, 0) is 28.6 Å². The van der Waals surface area contributed by atoms with Crippen molar-refractivity contribution in [1.29, 1.82) is 0 Å². The van der Waals surface area contributed by atoms with Crippen molar-refractivity contribution in [3.63, 3.8) is 0 Å². The fraction of sp³-hybridized carbons (Fsp3) is 0.700. The van der Waals surface area contributed by atoms with E-state index in [9.17, 15) is 14.4 Å². The lowest BCUT2D eigenvalue weighted by Gasteiger charge is -2.69. The molecule has 0 saturated heterocycles. The first-order valence-electron chi connectivity index (χ1n) is 13.5. The minimum absolute atomic E-state index is 0.0831. The molecule has 0 amide bonds. The first kappa shape index (κ1) is 26.1. The van der Waals surface area contributed by atoms with Crippen LogP contribution in [0.2, 0.25) is 0 Å². The van der Waals surface area contributed by atoms with Gasteiger partial charge in [0.15, 0.2) is 0 Å². The maximum Gasteiger partial charge on any atom is 0.331 e. The topological polar surface area (TPSA) is 92.0 Å². The zero-order chi connectivity index (χ0) is 27.0. The molecule has 0 radical (unpaired) electrons. The molecule has 1 aliphatic heterocycles. The van der Waals surface area contributed by atoms with Crippen molar-refractivity contribution >= 4 is 17.9 Å². The molecule has 0 unspecified atom stereocenters. The van der Waals surface area contributed by atoms with Gasteiger partial charge in [-0.3, -0.25) is 9.59 Å². The number of carbonyl (C=O) groups is 3. The van der Waals surface area contributed by atoms with Crippen molar-refractivity contribution in [2.24, 2.45) is 33.5 Å². The molecular formula is C30H40O7. The van der Waals surface area contributed by atoms with E-state index in [0.717, 1.165) is 36.8 Å². The van der Waals surface area contributed by atoms with Gasteiger partial charge in [0.2, 0.25) is 0 Å². The third-order valence-electron chi connectivity index (χ3n) is 10.8. The van der Waals surface area contributed by atoms with E-state index in [1.807, 2.05) is 6.07 Å². The Morgan fingerprint density at radius 2 is 1.62 bits per heavy atom. The molecule has 4 aliphatic rings. The number of carbonyl (C=O) groups excluding carboxylic acids is 3. The Balaban J connectivity index is 1.63. The Morgan fingerprint density at radius 1 is 0.946 bits per heavy atom. The molecule has 3 saturated carbocycles. The number of fused-ring (bicyclic) bond motifs is 5. The second kappa shape index (κ2) is 8.47. The molecule has 8 atom stereocenters. The Morgan fingerprint density at radius 3 is 2.24 bits per heavy atom. The number of furan rings is 1. The molecule has 7 heteroatoms. The van der Waals surface area contributed by atoms with E-state index in [-0.39, 0.29) is 46.7 Å². The van der Waals surface area contributed by atoms with Crippen molar-refractivity contribution in [2.45, 2.75) is 98.9 Å². The van der Waals surface area contributed by atoms with E-state index in [0.29, 0.717) is 6.42 Å². The molecule has 0 bridgehead atoms. The van der Waals surface area contributed by atoms with Gasteiger partial charge in [-0.15, -0.1) is 0 Å². The maximum absolute atomic E-state index is 13.0. The highest BCUT2D eigenvalue weighted by molar-refractivity contribution is 5.85. The van der Waals surface area contributed by atoms with Gasteiger partial charge in [0.05, 0.1) is 12.5 Å². The van der Waals surface area contributed by atoms with Crippen LogP contribution in [0, 0.1) is 33.5 Å². The molecule has 7 nitrogen and oxygen atoms in total. The summed E-state index contributed by atoms with van der Waals surface area (Å²) in [6.45, 7) is 14.0. The van der Waals surface area contributed by atoms with Gasteiger partial charge in [-0.05, 0) is 61.0 Å². The molecule has 0 aromatic carbocycles. The molecule has 5 rings (SSSR count). The highest BCUT2D eigenvalue weighted by Crippen LogP contribution is 2.73. The number of cyclic esters (lactones) is 1. The zero-order valence-corrected chi connectivity index (χ0v) is 23.1. The van der Waals surface area contributed by atoms with Gasteiger partial charge in [0.1, 0.15) is 18.3 Å². The molecular weight excluding hydrogens is 472 g/mol. The quantitative estimate of drug-likeness (QED) is 0.366. The van der Waals surface area contributed by atoms with Gasteiger partial charge in [0.25, 0.3) is 0 Å². The lowest BCUT2D eigenvalue weighted by molar-refractivity contribution is -0.230. The van der Waals surface area contributed by atoms with Crippen LogP contribution < -0.4 is 0 Å². The van der Waals surface area contributed by atoms with Gasteiger partial charge >= 0.3 is 17.9 Å². The molecule has 1 aromatic heterocycles. The smallest absolute Gasteiger partial charge is 0.331 e. The second-order valence-corrected chi connectivity index (χ2v) is 13.1. The van der Waals surface area contributed by atoms with E-state index >= 15 is 0 Å².